The van der Waals surface area contributed by atoms with Gasteiger partial charge in [0.2, 0.25) is 0 Å². The van der Waals surface area contributed by atoms with E-state index in [-0.39, 0.29) is 12.5 Å². The second-order valence-corrected chi connectivity index (χ2v) is 5.90. The van der Waals surface area contributed by atoms with E-state index < -0.39 is 6.04 Å². The van der Waals surface area contributed by atoms with Crippen molar-refractivity contribution in [3.8, 4) is 5.75 Å². The number of rotatable bonds is 7. The molecule has 4 nitrogen and oxygen atoms in total. The molecule has 1 fully saturated rings. The highest BCUT2D eigenvalue weighted by molar-refractivity contribution is 5.94. The number of benzene rings is 2. The third-order valence-corrected chi connectivity index (χ3v) is 3.99. The Balaban J connectivity index is 1.60. The molecule has 2 N–H and O–H groups in total. The van der Waals surface area contributed by atoms with Gasteiger partial charge in [0.05, 0.1) is 19.3 Å². The molecule has 2 aromatic carbocycles. The van der Waals surface area contributed by atoms with E-state index >= 15 is 0 Å². The third-order valence-electron chi connectivity index (χ3n) is 3.99. The molecule has 4 heteroatoms. The lowest BCUT2D eigenvalue weighted by atomic mass is 10.1. The molecule has 1 unspecified atom stereocenters. The molecule has 1 atom stereocenters. The number of ether oxygens (including phenoxy) is 1. The van der Waals surface area contributed by atoms with E-state index in [0.717, 1.165) is 17.9 Å². The summed E-state index contributed by atoms with van der Waals surface area (Å²) in [5, 5.41) is 12.4. The molecule has 1 saturated carbocycles. The number of nitrogens with one attached hydrogen (secondary N) is 1. The number of amides is 1. The van der Waals surface area contributed by atoms with Crippen LogP contribution in [0.25, 0.3) is 0 Å². The summed E-state index contributed by atoms with van der Waals surface area (Å²) in [6.07, 6.45) is 2.51. The standard InChI is InChI=1S/C19H21NO3/c21-12-18(15-4-2-1-3-5-15)20-19(22)16-8-10-17(11-9-16)23-13-14-6-7-14/h1-5,8-11,14,18,21H,6-7,12-13H2,(H,20,22). The number of hydrogen-bond acceptors (Lipinski definition) is 3. The van der Waals surface area contributed by atoms with E-state index in [2.05, 4.69) is 5.32 Å². The van der Waals surface area contributed by atoms with Crippen molar-refractivity contribution in [3.63, 3.8) is 0 Å². The average Bonchev–Trinajstić information content (AvgIpc) is 3.43. The average molecular weight is 311 g/mol. The molecule has 0 heterocycles. The second kappa shape index (κ2) is 7.29. The summed E-state index contributed by atoms with van der Waals surface area (Å²) >= 11 is 0. The molecule has 0 bridgehead atoms. The zero-order valence-electron chi connectivity index (χ0n) is 12.9. The molecule has 1 aliphatic carbocycles. The van der Waals surface area contributed by atoms with Crippen LogP contribution in [0.4, 0.5) is 0 Å². The molecule has 0 saturated heterocycles. The van der Waals surface area contributed by atoms with Gasteiger partial charge in [0, 0.05) is 5.56 Å². The summed E-state index contributed by atoms with van der Waals surface area (Å²) in [6, 6.07) is 16.2. The van der Waals surface area contributed by atoms with Crippen molar-refractivity contribution in [1.29, 1.82) is 0 Å². The van der Waals surface area contributed by atoms with Crippen molar-refractivity contribution in [2.75, 3.05) is 13.2 Å². The first-order valence-corrected chi connectivity index (χ1v) is 7.96. The van der Waals surface area contributed by atoms with Crippen LogP contribution in [0.15, 0.2) is 54.6 Å². The van der Waals surface area contributed by atoms with Crippen LogP contribution < -0.4 is 10.1 Å². The maximum Gasteiger partial charge on any atom is 0.251 e. The van der Waals surface area contributed by atoms with Gasteiger partial charge in [-0.3, -0.25) is 4.79 Å². The molecule has 0 radical (unpaired) electrons. The highest BCUT2D eigenvalue weighted by Gasteiger charge is 2.22. The predicted octanol–water partition coefficient (Wildman–Crippen LogP) is 2.94. The smallest absolute Gasteiger partial charge is 0.251 e. The molecular weight excluding hydrogens is 290 g/mol. The highest BCUT2D eigenvalue weighted by Crippen LogP contribution is 2.29. The van der Waals surface area contributed by atoms with Crippen LogP contribution in [0, 0.1) is 5.92 Å². The first-order chi connectivity index (χ1) is 11.3. The Morgan fingerprint density at radius 1 is 1.13 bits per heavy atom. The van der Waals surface area contributed by atoms with E-state index in [1.165, 1.54) is 12.8 Å². The summed E-state index contributed by atoms with van der Waals surface area (Å²) in [4.78, 5) is 12.3. The van der Waals surface area contributed by atoms with Gasteiger partial charge in [0.1, 0.15) is 5.75 Å². The number of aliphatic hydroxyl groups is 1. The van der Waals surface area contributed by atoms with Crippen LogP contribution in [0.2, 0.25) is 0 Å². The van der Waals surface area contributed by atoms with Crippen molar-refractivity contribution in [3.05, 3.63) is 65.7 Å². The van der Waals surface area contributed by atoms with Crippen molar-refractivity contribution >= 4 is 5.91 Å². The largest absolute Gasteiger partial charge is 0.493 e. The van der Waals surface area contributed by atoms with Gasteiger partial charge in [-0.25, -0.2) is 0 Å². The van der Waals surface area contributed by atoms with Crippen molar-refractivity contribution in [2.24, 2.45) is 5.92 Å². The second-order valence-electron chi connectivity index (χ2n) is 5.90. The molecule has 3 rings (SSSR count). The summed E-state index contributed by atoms with van der Waals surface area (Å²) in [6.45, 7) is 0.616. The fourth-order valence-electron chi connectivity index (χ4n) is 2.36. The zero-order valence-corrected chi connectivity index (χ0v) is 12.9. The van der Waals surface area contributed by atoms with Crippen LogP contribution in [-0.4, -0.2) is 24.2 Å². The Labute approximate surface area is 136 Å². The van der Waals surface area contributed by atoms with Crippen LogP contribution >= 0.6 is 0 Å². The maximum atomic E-state index is 12.3. The van der Waals surface area contributed by atoms with E-state index in [1.54, 1.807) is 12.1 Å². The lowest BCUT2D eigenvalue weighted by Crippen LogP contribution is -2.30. The summed E-state index contributed by atoms with van der Waals surface area (Å²) in [5.74, 6) is 1.28. The van der Waals surface area contributed by atoms with E-state index in [1.807, 2.05) is 42.5 Å². The SMILES string of the molecule is O=C(NC(CO)c1ccccc1)c1ccc(OCC2CC2)cc1. The van der Waals surface area contributed by atoms with Gasteiger partial charge in [0.25, 0.3) is 5.91 Å². The molecule has 0 spiro atoms. The van der Waals surface area contributed by atoms with E-state index in [0.29, 0.717) is 11.5 Å². The van der Waals surface area contributed by atoms with Crippen LogP contribution in [0.3, 0.4) is 0 Å². The van der Waals surface area contributed by atoms with E-state index in [4.69, 9.17) is 4.74 Å². The molecule has 23 heavy (non-hydrogen) atoms. The quantitative estimate of drug-likeness (QED) is 0.826. The number of carbonyl (C=O) groups is 1. The molecule has 0 aromatic heterocycles. The monoisotopic (exact) mass is 311 g/mol. The summed E-state index contributed by atoms with van der Waals surface area (Å²) in [7, 11) is 0. The van der Waals surface area contributed by atoms with Gasteiger partial charge in [-0.2, -0.15) is 0 Å². The zero-order chi connectivity index (χ0) is 16.1. The van der Waals surface area contributed by atoms with Crippen LogP contribution in [0.1, 0.15) is 34.8 Å². The Morgan fingerprint density at radius 3 is 2.43 bits per heavy atom. The highest BCUT2D eigenvalue weighted by atomic mass is 16.5. The van der Waals surface area contributed by atoms with Crippen LogP contribution in [0.5, 0.6) is 5.75 Å². The lowest BCUT2D eigenvalue weighted by molar-refractivity contribution is 0.0916. The number of carbonyl (C=O) groups excluding carboxylic acids is 1. The van der Waals surface area contributed by atoms with Crippen molar-refractivity contribution in [2.45, 2.75) is 18.9 Å². The Hall–Kier alpha value is -2.33. The minimum atomic E-state index is -0.408. The normalized spacial score (nSPS) is 15.0. The lowest BCUT2D eigenvalue weighted by Gasteiger charge is -2.17. The fourth-order valence-corrected chi connectivity index (χ4v) is 2.36. The minimum Gasteiger partial charge on any atom is -0.493 e. The fraction of sp³-hybridized carbons (Fsp3) is 0.316. The Bertz CT molecular complexity index is 635. The van der Waals surface area contributed by atoms with Gasteiger partial charge >= 0.3 is 0 Å². The molecule has 2 aromatic rings. The predicted molar refractivity (Wildman–Crippen MR) is 88.4 cm³/mol. The molecule has 1 amide bonds. The van der Waals surface area contributed by atoms with Gasteiger partial charge in [-0.1, -0.05) is 30.3 Å². The topological polar surface area (TPSA) is 58.6 Å². The van der Waals surface area contributed by atoms with Crippen molar-refractivity contribution < 1.29 is 14.6 Å². The molecule has 0 aliphatic heterocycles. The number of hydrogen-bond donors (Lipinski definition) is 2. The Kier molecular flexibility index (Phi) is 4.93. The first kappa shape index (κ1) is 15.6. The maximum absolute atomic E-state index is 12.3. The van der Waals surface area contributed by atoms with Crippen LogP contribution in [-0.2, 0) is 0 Å². The third kappa shape index (κ3) is 4.33. The van der Waals surface area contributed by atoms with Gasteiger partial charge in [-0.15, -0.1) is 0 Å². The Morgan fingerprint density at radius 2 is 1.83 bits per heavy atom. The van der Waals surface area contributed by atoms with E-state index in [9.17, 15) is 9.90 Å². The van der Waals surface area contributed by atoms with Gasteiger partial charge < -0.3 is 15.2 Å². The molecular formula is C19H21NO3. The van der Waals surface area contributed by atoms with Gasteiger partial charge in [0.15, 0.2) is 0 Å². The minimum absolute atomic E-state index is 0.141. The van der Waals surface area contributed by atoms with Gasteiger partial charge in [-0.05, 0) is 48.6 Å². The molecule has 120 valence electrons. The number of aliphatic hydroxyl groups excluding tert-OH is 1. The van der Waals surface area contributed by atoms with Crippen molar-refractivity contribution in [1.82, 2.24) is 5.32 Å². The first-order valence-electron chi connectivity index (χ1n) is 7.96. The summed E-state index contributed by atoms with van der Waals surface area (Å²) < 4.78 is 5.66. The molecule has 1 aliphatic rings. The summed E-state index contributed by atoms with van der Waals surface area (Å²) in [5.41, 5.74) is 1.44.